The van der Waals surface area contributed by atoms with Crippen LogP contribution in [0.25, 0.3) is 16.5 Å². The predicted octanol–water partition coefficient (Wildman–Crippen LogP) is 10.4. The van der Waals surface area contributed by atoms with Crippen LogP contribution in [-0.2, 0) is 41.7 Å². The number of halogens is 3. The summed E-state index contributed by atoms with van der Waals surface area (Å²) in [7, 11) is 0. The Balaban J connectivity index is 0.000000266. The number of aromatic nitrogens is 1. The molecule has 1 aromatic heterocycles. The number of rotatable bonds is 5. The van der Waals surface area contributed by atoms with Crippen LogP contribution in [0.2, 0.25) is 0 Å². The Hall–Kier alpha value is -2.74. The number of alkyl halides is 1. The Kier molecular flexibility index (Phi) is 19.2. The highest BCUT2D eigenvalue weighted by molar-refractivity contribution is 9.12. The molecule has 49 heavy (non-hydrogen) atoms. The molecule has 3 aliphatic rings. The molecule has 6 rings (SSSR count). The summed E-state index contributed by atoms with van der Waals surface area (Å²) in [6, 6.07) is 13.6. The van der Waals surface area contributed by atoms with Gasteiger partial charge >= 0.3 is 12.3 Å². The lowest BCUT2D eigenvalue weighted by Crippen LogP contribution is -2.08. The fourth-order valence-corrected chi connectivity index (χ4v) is 8.68. The van der Waals surface area contributed by atoms with E-state index in [1.54, 1.807) is 12.5 Å². The minimum Gasteiger partial charge on any atom is -0.328 e. The van der Waals surface area contributed by atoms with Crippen LogP contribution in [0.15, 0.2) is 45.5 Å². The molecular weight excluding hydrogens is 818 g/mol. The zero-order chi connectivity index (χ0) is 36.5. The van der Waals surface area contributed by atoms with Gasteiger partial charge in [0.15, 0.2) is 0 Å². The smallest absolute Gasteiger partial charge is 0.328 e. The van der Waals surface area contributed by atoms with Gasteiger partial charge in [0.05, 0.1) is 16.5 Å². The van der Waals surface area contributed by atoms with Gasteiger partial charge in [0.1, 0.15) is 11.6 Å². The van der Waals surface area contributed by atoms with Crippen molar-refractivity contribution in [2.45, 2.75) is 111 Å². The maximum atomic E-state index is 11.6. The molecular formula is C39H46Br3NO6. The molecule has 10 heteroatoms. The summed E-state index contributed by atoms with van der Waals surface area (Å²) in [5, 5.41) is 1.80. The fraction of sp³-hybridized carbons (Fsp3) is 0.487. The van der Waals surface area contributed by atoms with Crippen LogP contribution in [0.5, 0.6) is 0 Å². The van der Waals surface area contributed by atoms with Crippen molar-refractivity contribution in [2.75, 3.05) is 5.33 Å². The quantitative estimate of drug-likeness (QED) is 0.237. The van der Waals surface area contributed by atoms with Crippen molar-refractivity contribution in [1.82, 2.24) is 4.57 Å². The summed E-state index contributed by atoms with van der Waals surface area (Å²) in [5.74, 6) is 1.81. The van der Waals surface area contributed by atoms with E-state index in [0.717, 1.165) is 16.9 Å². The third kappa shape index (κ3) is 12.8. The van der Waals surface area contributed by atoms with Crippen molar-refractivity contribution in [3.8, 4) is 0 Å². The number of fused-ring (bicyclic) bond motifs is 2. The van der Waals surface area contributed by atoms with Gasteiger partial charge in [0.2, 0.25) is 0 Å². The highest BCUT2D eigenvalue weighted by Crippen LogP contribution is 2.45. The SMILES string of the molecule is CC(=O)CBr.CC(=O)Cn1c(Br)c(C2CCCCC2)c2ccc(C)cc21.Cc1ccc2c(c1)CC(Br)=C2C1CCCCC1.O=C=O.O=C=O. The van der Waals surface area contributed by atoms with Gasteiger partial charge in [-0.15, -0.1) is 0 Å². The molecule has 264 valence electrons. The maximum absolute atomic E-state index is 11.6. The van der Waals surface area contributed by atoms with E-state index in [-0.39, 0.29) is 23.9 Å². The van der Waals surface area contributed by atoms with Gasteiger partial charge in [-0.1, -0.05) is 106 Å². The number of carbonyl (C=O) groups is 2. The molecule has 0 radical (unpaired) electrons. The summed E-state index contributed by atoms with van der Waals surface area (Å²) in [4.78, 5) is 53.9. The van der Waals surface area contributed by atoms with Crippen molar-refractivity contribution < 1.29 is 28.8 Å². The first-order valence-electron chi connectivity index (χ1n) is 16.7. The lowest BCUT2D eigenvalue weighted by molar-refractivity contribution is -0.193. The second kappa shape index (κ2) is 22.2. The molecule has 2 aromatic carbocycles. The van der Waals surface area contributed by atoms with Crippen LogP contribution in [0.1, 0.15) is 112 Å². The minimum absolute atomic E-state index is 0.171. The number of ketones is 2. The Morgan fingerprint density at radius 2 is 1.24 bits per heavy atom. The average Bonchev–Trinajstić information content (AvgIpc) is 3.54. The number of allylic oxidation sites excluding steroid dienone is 2. The van der Waals surface area contributed by atoms with Gasteiger partial charge in [-0.25, -0.2) is 0 Å². The third-order valence-electron chi connectivity index (χ3n) is 8.98. The lowest BCUT2D eigenvalue weighted by Gasteiger charge is -2.24. The summed E-state index contributed by atoms with van der Waals surface area (Å²) < 4.78 is 4.71. The molecule has 0 saturated heterocycles. The Morgan fingerprint density at radius 1 is 0.755 bits per heavy atom. The molecule has 1 heterocycles. The van der Waals surface area contributed by atoms with Crippen LogP contribution in [0.4, 0.5) is 0 Å². The van der Waals surface area contributed by atoms with E-state index < -0.39 is 0 Å². The molecule has 3 aromatic rings. The highest BCUT2D eigenvalue weighted by Gasteiger charge is 2.28. The van der Waals surface area contributed by atoms with Gasteiger partial charge in [0.25, 0.3) is 0 Å². The van der Waals surface area contributed by atoms with Crippen LogP contribution >= 0.6 is 47.8 Å². The number of carbonyl (C=O) groups excluding carboxylic acids is 6. The second-order valence-corrected chi connectivity index (χ2v) is 15.1. The highest BCUT2D eigenvalue weighted by atomic mass is 79.9. The lowest BCUT2D eigenvalue weighted by atomic mass is 9.82. The number of hydrogen-bond acceptors (Lipinski definition) is 6. The number of Topliss-reactive ketones (excluding diaryl/α,β-unsaturated/α-hetero) is 2. The summed E-state index contributed by atoms with van der Waals surface area (Å²) in [6.07, 6.45) is 15.2. The molecule has 0 N–H and O–H groups in total. The molecule has 7 nitrogen and oxygen atoms in total. The zero-order valence-corrected chi connectivity index (χ0v) is 33.6. The van der Waals surface area contributed by atoms with Gasteiger partial charge in [0, 0.05) is 21.8 Å². The molecule has 0 amide bonds. The van der Waals surface area contributed by atoms with Gasteiger partial charge in [-0.05, 0) is 115 Å². The van der Waals surface area contributed by atoms with Crippen molar-refractivity contribution in [1.29, 1.82) is 0 Å². The first-order chi connectivity index (χ1) is 23.4. The molecule has 0 spiro atoms. The molecule has 0 atom stereocenters. The topological polar surface area (TPSA) is 107 Å². The predicted molar refractivity (Wildman–Crippen MR) is 203 cm³/mol. The van der Waals surface area contributed by atoms with Crippen molar-refractivity contribution in [3.63, 3.8) is 0 Å². The fourth-order valence-electron chi connectivity index (χ4n) is 6.98. The molecule has 0 aliphatic heterocycles. The second-order valence-electron chi connectivity index (χ2n) is 12.8. The van der Waals surface area contributed by atoms with E-state index in [1.165, 1.54) is 114 Å². The summed E-state index contributed by atoms with van der Waals surface area (Å²) >= 11 is 10.6. The number of hydrogen-bond donors (Lipinski definition) is 0. The number of nitrogens with zero attached hydrogens (tertiary/aromatic N) is 1. The van der Waals surface area contributed by atoms with E-state index >= 15 is 0 Å². The molecule has 2 fully saturated rings. The van der Waals surface area contributed by atoms with Crippen molar-refractivity contribution in [2.24, 2.45) is 5.92 Å². The summed E-state index contributed by atoms with van der Waals surface area (Å²) in [6.45, 7) is 7.95. The third-order valence-corrected chi connectivity index (χ3v) is 11.3. The molecule has 2 saturated carbocycles. The Labute approximate surface area is 315 Å². The van der Waals surface area contributed by atoms with Crippen LogP contribution in [0, 0.1) is 19.8 Å². The van der Waals surface area contributed by atoms with E-state index in [0.29, 0.717) is 17.8 Å². The minimum atomic E-state index is 0.171. The van der Waals surface area contributed by atoms with Crippen molar-refractivity contribution >= 4 is 88.1 Å². The largest absolute Gasteiger partial charge is 0.373 e. The summed E-state index contributed by atoms with van der Waals surface area (Å²) in [5.41, 5.74) is 9.91. The first kappa shape index (κ1) is 42.4. The Morgan fingerprint density at radius 3 is 1.76 bits per heavy atom. The monoisotopic (exact) mass is 861 g/mol. The number of aryl methyl sites for hydroxylation is 2. The van der Waals surface area contributed by atoms with Gasteiger partial charge < -0.3 is 4.57 Å². The first-order valence-corrected chi connectivity index (χ1v) is 19.4. The molecule has 0 unspecified atom stereocenters. The zero-order valence-electron chi connectivity index (χ0n) is 28.8. The standard InChI is InChI=1S/C18H22BrNO.C16H19Br.C3H5BrO.2CO2/c1-12-8-9-15-16(10-12)20(11-13(2)21)18(19)17(15)14-6-4-3-5-7-14;1-11-7-8-14-13(9-11)10-15(17)16(14)12-5-3-2-4-6-12;1-3(5)2-4;2*2-1-3/h8-10,14H,3-7,11H2,1-2H3;7-9,12H,2-6,10H2,1H3;2H2,1H3;;. The van der Waals surface area contributed by atoms with Gasteiger partial charge in [-0.3, -0.25) is 9.59 Å². The van der Waals surface area contributed by atoms with Crippen LogP contribution in [-0.4, -0.2) is 33.8 Å². The van der Waals surface area contributed by atoms with E-state index in [2.05, 4.69) is 103 Å². The van der Waals surface area contributed by atoms with Crippen molar-refractivity contribution in [3.05, 3.63) is 73.3 Å². The Bertz CT molecular complexity index is 1660. The molecule has 0 bridgehead atoms. The average molecular weight is 865 g/mol. The van der Waals surface area contributed by atoms with Gasteiger partial charge in [-0.2, -0.15) is 19.2 Å². The number of benzene rings is 2. The molecule has 3 aliphatic carbocycles. The van der Waals surface area contributed by atoms with E-state index in [4.69, 9.17) is 19.2 Å². The van der Waals surface area contributed by atoms with E-state index in [1.807, 2.05) is 0 Å². The van der Waals surface area contributed by atoms with Crippen LogP contribution in [0.3, 0.4) is 0 Å². The van der Waals surface area contributed by atoms with Crippen LogP contribution < -0.4 is 0 Å². The normalized spacial score (nSPS) is 15.4. The van der Waals surface area contributed by atoms with E-state index in [9.17, 15) is 9.59 Å². The maximum Gasteiger partial charge on any atom is 0.373 e.